The zero-order chi connectivity index (χ0) is 13.8. The molecular weight excluding hydrogens is 305 g/mol. The summed E-state index contributed by atoms with van der Waals surface area (Å²) in [7, 11) is 1.54. The van der Waals surface area contributed by atoms with Crippen LogP contribution in [0.4, 0.5) is 5.69 Å². The lowest BCUT2D eigenvalue weighted by atomic mass is 10.2. The smallest absolute Gasteiger partial charge is 0.146 e. The number of halogens is 3. The summed E-state index contributed by atoms with van der Waals surface area (Å²) in [6.45, 7) is 0. The Bertz CT molecular complexity index is 626. The van der Waals surface area contributed by atoms with Crippen LogP contribution < -0.4 is 4.74 Å². The molecule has 0 heterocycles. The first-order chi connectivity index (χ1) is 9.11. The Labute approximate surface area is 126 Å². The standard InChI is InChI=1S/C14H10Cl3NO/c1-19-14-9(6-10(15)7-12(14)17)8-18-13-5-3-2-4-11(13)16/h2-8H,1H3. The Hall–Kier alpha value is -1.22. The highest BCUT2D eigenvalue weighted by molar-refractivity contribution is 6.36. The van der Waals surface area contributed by atoms with E-state index in [1.165, 1.54) is 0 Å². The minimum Gasteiger partial charge on any atom is -0.495 e. The summed E-state index contributed by atoms with van der Waals surface area (Å²) < 4.78 is 5.23. The molecule has 0 unspecified atom stereocenters. The van der Waals surface area contributed by atoms with Crippen molar-refractivity contribution in [3.8, 4) is 5.75 Å². The maximum atomic E-state index is 6.05. The summed E-state index contributed by atoms with van der Waals surface area (Å²) in [6.07, 6.45) is 1.62. The molecule has 19 heavy (non-hydrogen) atoms. The second-order valence-electron chi connectivity index (χ2n) is 3.72. The number of ether oxygens (including phenoxy) is 1. The van der Waals surface area contributed by atoms with Gasteiger partial charge in [0.25, 0.3) is 0 Å². The van der Waals surface area contributed by atoms with Gasteiger partial charge in [-0.1, -0.05) is 46.9 Å². The first-order valence-electron chi connectivity index (χ1n) is 5.43. The Balaban J connectivity index is 2.41. The lowest BCUT2D eigenvalue weighted by Crippen LogP contribution is -1.92. The van der Waals surface area contributed by atoms with Crippen molar-refractivity contribution in [2.75, 3.05) is 7.11 Å². The summed E-state index contributed by atoms with van der Waals surface area (Å²) in [5.74, 6) is 0.530. The number of hydrogen-bond donors (Lipinski definition) is 0. The Morgan fingerprint density at radius 3 is 2.47 bits per heavy atom. The van der Waals surface area contributed by atoms with Crippen LogP contribution in [0.1, 0.15) is 5.56 Å². The molecule has 0 saturated heterocycles. The van der Waals surface area contributed by atoms with Gasteiger partial charge in [-0.2, -0.15) is 0 Å². The molecule has 0 saturated carbocycles. The molecule has 2 aromatic rings. The first kappa shape index (κ1) is 14.2. The number of benzene rings is 2. The number of nitrogens with zero attached hydrogens (tertiary/aromatic N) is 1. The van der Waals surface area contributed by atoms with Crippen molar-refractivity contribution in [3.63, 3.8) is 0 Å². The highest BCUT2D eigenvalue weighted by atomic mass is 35.5. The molecule has 98 valence electrons. The van der Waals surface area contributed by atoms with Crippen molar-refractivity contribution in [1.82, 2.24) is 0 Å². The topological polar surface area (TPSA) is 21.6 Å². The molecule has 0 bridgehead atoms. The second kappa shape index (κ2) is 6.29. The fraction of sp³-hybridized carbons (Fsp3) is 0.0714. The zero-order valence-corrected chi connectivity index (χ0v) is 12.3. The fourth-order valence-electron chi connectivity index (χ4n) is 1.59. The highest BCUT2D eigenvalue weighted by Crippen LogP contribution is 2.32. The third kappa shape index (κ3) is 3.41. The van der Waals surface area contributed by atoms with E-state index in [1.54, 1.807) is 31.5 Å². The van der Waals surface area contributed by atoms with E-state index in [2.05, 4.69) is 4.99 Å². The number of methoxy groups -OCH3 is 1. The lowest BCUT2D eigenvalue weighted by molar-refractivity contribution is 0.414. The molecular formula is C14H10Cl3NO. The van der Waals surface area contributed by atoms with Crippen molar-refractivity contribution in [3.05, 3.63) is 57.0 Å². The fourth-order valence-corrected chi connectivity index (χ4v) is 2.36. The molecule has 0 aliphatic rings. The predicted molar refractivity (Wildman–Crippen MR) is 81.7 cm³/mol. The Kier molecular flexibility index (Phi) is 4.70. The van der Waals surface area contributed by atoms with Gasteiger partial charge >= 0.3 is 0 Å². The molecule has 0 amide bonds. The Morgan fingerprint density at radius 2 is 1.79 bits per heavy atom. The summed E-state index contributed by atoms with van der Waals surface area (Å²) in [4.78, 5) is 4.31. The Morgan fingerprint density at radius 1 is 1.05 bits per heavy atom. The highest BCUT2D eigenvalue weighted by Gasteiger charge is 2.08. The van der Waals surface area contributed by atoms with Crippen molar-refractivity contribution in [2.24, 2.45) is 4.99 Å². The first-order valence-corrected chi connectivity index (χ1v) is 6.57. The molecule has 0 fully saturated rings. The summed E-state index contributed by atoms with van der Waals surface area (Å²) in [5.41, 5.74) is 1.36. The third-order valence-corrected chi connectivity index (χ3v) is 3.25. The van der Waals surface area contributed by atoms with Gasteiger partial charge in [0.15, 0.2) is 0 Å². The summed E-state index contributed by atoms with van der Waals surface area (Å²) >= 11 is 18.0. The van der Waals surface area contributed by atoms with E-state index >= 15 is 0 Å². The van der Waals surface area contributed by atoms with Crippen LogP contribution in [-0.4, -0.2) is 13.3 Å². The van der Waals surface area contributed by atoms with E-state index < -0.39 is 0 Å². The number of hydrogen-bond acceptors (Lipinski definition) is 2. The van der Waals surface area contributed by atoms with Crippen molar-refractivity contribution < 1.29 is 4.74 Å². The molecule has 0 aliphatic heterocycles. The molecule has 2 rings (SSSR count). The van der Waals surface area contributed by atoms with E-state index in [0.717, 1.165) is 0 Å². The average Bonchev–Trinajstić information content (AvgIpc) is 2.37. The maximum absolute atomic E-state index is 6.05. The van der Waals surface area contributed by atoms with E-state index in [-0.39, 0.29) is 0 Å². The van der Waals surface area contributed by atoms with Crippen molar-refractivity contribution >= 4 is 46.7 Å². The largest absolute Gasteiger partial charge is 0.495 e. The van der Waals surface area contributed by atoms with E-state index in [9.17, 15) is 0 Å². The SMILES string of the molecule is COc1c(Cl)cc(Cl)cc1C=Nc1ccccc1Cl. The van der Waals surface area contributed by atoms with Gasteiger partial charge in [-0.05, 0) is 24.3 Å². The molecule has 2 nitrogen and oxygen atoms in total. The summed E-state index contributed by atoms with van der Waals surface area (Å²) in [5, 5.41) is 1.54. The molecule has 0 aromatic heterocycles. The zero-order valence-electron chi connectivity index (χ0n) is 10.0. The lowest BCUT2D eigenvalue weighted by Gasteiger charge is -2.07. The monoisotopic (exact) mass is 313 g/mol. The minimum absolute atomic E-state index is 0.440. The van der Waals surface area contributed by atoms with E-state index in [4.69, 9.17) is 39.5 Å². The van der Waals surface area contributed by atoms with Gasteiger partial charge in [0.1, 0.15) is 5.75 Å². The van der Waals surface area contributed by atoms with Gasteiger partial charge in [0, 0.05) is 16.8 Å². The van der Waals surface area contributed by atoms with Crippen LogP contribution in [0.15, 0.2) is 41.4 Å². The molecule has 2 aromatic carbocycles. The molecule has 0 N–H and O–H groups in total. The third-order valence-electron chi connectivity index (χ3n) is 2.44. The molecule has 0 aliphatic carbocycles. The number of para-hydroxylation sites is 1. The molecule has 0 atom stereocenters. The minimum atomic E-state index is 0.440. The van der Waals surface area contributed by atoms with E-state index in [1.807, 2.05) is 18.2 Å². The maximum Gasteiger partial charge on any atom is 0.146 e. The number of rotatable bonds is 3. The average molecular weight is 315 g/mol. The van der Waals surface area contributed by atoms with E-state index in [0.29, 0.717) is 32.1 Å². The molecule has 5 heteroatoms. The normalized spacial score (nSPS) is 10.9. The second-order valence-corrected chi connectivity index (χ2v) is 4.97. The van der Waals surface area contributed by atoms with Crippen LogP contribution in [0.25, 0.3) is 0 Å². The van der Waals surface area contributed by atoms with Gasteiger partial charge in [0.05, 0.1) is 22.8 Å². The van der Waals surface area contributed by atoms with Gasteiger partial charge in [-0.25, -0.2) is 0 Å². The van der Waals surface area contributed by atoms with Crippen LogP contribution in [0.2, 0.25) is 15.1 Å². The van der Waals surface area contributed by atoms with Crippen LogP contribution in [0.5, 0.6) is 5.75 Å². The molecule has 0 spiro atoms. The van der Waals surface area contributed by atoms with Crippen LogP contribution in [0.3, 0.4) is 0 Å². The van der Waals surface area contributed by atoms with Crippen LogP contribution in [-0.2, 0) is 0 Å². The molecule has 0 radical (unpaired) electrons. The summed E-state index contributed by atoms with van der Waals surface area (Å²) in [6, 6.07) is 10.6. The van der Waals surface area contributed by atoms with Gasteiger partial charge < -0.3 is 4.74 Å². The van der Waals surface area contributed by atoms with Crippen LogP contribution in [0, 0.1) is 0 Å². The van der Waals surface area contributed by atoms with Gasteiger partial charge in [-0.15, -0.1) is 0 Å². The van der Waals surface area contributed by atoms with Gasteiger partial charge in [0.2, 0.25) is 0 Å². The van der Waals surface area contributed by atoms with Gasteiger partial charge in [-0.3, -0.25) is 4.99 Å². The van der Waals surface area contributed by atoms with Crippen molar-refractivity contribution in [1.29, 1.82) is 0 Å². The quantitative estimate of drug-likeness (QED) is 0.694. The number of aliphatic imine (C=N–C) groups is 1. The van der Waals surface area contributed by atoms with Crippen LogP contribution >= 0.6 is 34.8 Å². The predicted octanol–water partition coefficient (Wildman–Crippen LogP) is 5.41. The van der Waals surface area contributed by atoms with Crippen molar-refractivity contribution in [2.45, 2.75) is 0 Å².